The highest BCUT2D eigenvalue weighted by atomic mass is 79.9. The number of aliphatic carboxylic acids is 1. The molecule has 14 heavy (non-hydrogen) atoms. The lowest BCUT2D eigenvalue weighted by atomic mass is 10.0. The molecule has 1 aromatic heterocycles. The molecule has 0 aliphatic heterocycles. The summed E-state index contributed by atoms with van der Waals surface area (Å²) < 4.78 is 0.904. The van der Waals surface area contributed by atoms with E-state index in [1.807, 2.05) is 19.9 Å². The summed E-state index contributed by atoms with van der Waals surface area (Å²) in [5.41, 5.74) is 1.63. The smallest absolute Gasteiger partial charge is 0.312 e. The lowest BCUT2D eigenvalue weighted by Gasteiger charge is -2.09. The van der Waals surface area contributed by atoms with E-state index in [1.165, 1.54) is 0 Å². The highest BCUT2D eigenvalue weighted by Gasteiger charge is 2.19. The van der Waals surface area contributed by atoms with Gasteiger partial charge in [0.05, 0.1) is 11.6 Å². The first kappa shape index (κ1) is 11.2. The van der Waals surface area contributed by atoms with Crippen molar-refractivity contribution < 1.29 is 9.90 Å². The Hall–Kier alpha value is -0.900. The number of pyridine rings is 1. The van der Waals surface area contributed by atoms with Crippen LogP contribution in [0.4, 0.5) is 0 Å². The van der Waals surface area contributed by atoms with E-state index in [4.69, 9.17) is 5.11 Å². The molecule has 0 fully saturated rings. The number of hydrogen-bond acceptors (Lipinski definition) is 2. The maximum absolute atomic E-state index is 10.9. The Morgan fingerprint density at radius 2 is 2.36 bits per heavy atom. The molecule has 0 aliphatic rings. The van der Waals surface area contributed by atoms with E-state index in [1.54, 1.807) is 6.20 Å². The van der Waals surface area contributed by atoms with Crippen molar-refractivity contribution in [2.75, 3.05) is 0 Å². The predicted molar refractivity (Wildman–Crippen MR) is 57.3 cm³/mol. The van der Waals surface area contributed by atoms with Crippen LogP contribution >= 0.6 is 15.9 Å². The van der Waals surface area contributed by atoms with Crippen molar-refractivity contribution in [3.63, 3.8) is 0 Å². The van der Waals surface area contributed by atoms with Crippen molar-refractivity contribution in [3.05, 3.63) is 28.0 Å². The predicted octanol–water partition coefficient (Wildman–Crippen LogP) is 2.73. The Labute approximate surface area is 91.3 Å². The molecule has 0 aliphatic carbocycles. The number of halogens is 1. The number of carboxylic acid groups (broad SMARTS) is 1. The average molecular weight is 258 g/mol. The minimum atomic E-state index is -0.818. The summed E-state index contributed by atoms with van der Waals surface area (Å²) in [5.74, 6) is -1.32. The van der Waals surface area contributed by atoms with Gasteiger partial charge in [-0.2, -0.15) is 0 Å². The van der Waals surface area contributed by atoms with Crippen LogP contribution in [-0.4, -0.2) is 16.1 Å². The van der Waals surface area contributed by atoms with Gasteiger partial charge in [0.15, 0.2) is 0 Å². The second kappa shape index (κ2) is 4.55. The summed E-state index contributed by atoms with van der Waals surface area (Å²) >= 11 is 3.33. The number of carboxylic acids is 1. The maximum Gasteiger partial charge on any atom is 0.312 e. The molecule has 1 N–H and O–H groups in total. The van der Waals surface area contributed by atoms with Gasteiger partial charge in [0.25, 0.3) is 0 Å². The van der Waals surface area contributed by atoms with Gasteiger partial charge in [-0.1, -0.05) is 6.92 Å². The van der Waals surface area contributed by atoms with Crippen molar-refractivity contribution in [2.24, 2.45) is 0 Å². The van der Waals surface area contributed by atoms with Crippen LogP contribution in [0.25, 0.3) is 0 Å². The topological polar surface area (TPSA) is 50.2 Å². The lowest BCUT2D eigenvalue weighted by molar-refractivity contribution is -0.138. The first-order valence-corrected chi connectivity index (χ1v) is 5.20. The molecule has 1 atom stereocenters. The number of aryl methyl sites for hydroxylation is 1. The van der Waals surface area contributed by atoms with Gasteiger partial charge in [-0.15, -0.1) is 0 Å². The molecule has 4 heteroatoms. The molecule has 0 bridgehead atoms. The van der Waals surface area contributed by atoms with E-state index in [0.29, 0.717) is 12.1 Å². The van der Waals surface area contributed by atoms with Crippen LogP contribution in [0.2, 0.25) is 0 Å². The first-order chi connectivity index (χ1) is 6.56. The van der Waals surface area contributed by atoms with Gasteiger partial charge >= 0.3 is 5.97 Å². The Bertz CT molecular complexity index is 352. The van der Waals surface area contributed by atoms with Crippen molar-refractivity contribution in [2.45, 2.75) is 26.2 Å². The highest BCUT2D eigenvalue weighted by molar-refractivity contribution is 9.10. The monoisotopic (exact) mass is 257 g/mol. The third kappa shape index (κ3) is 2.32. The Morgan fingerprint density at radius 1 is 1.71 bits per heavy atom. The van der Waals surface area contributed by atoms with E-state index in [2.05, 4.69) is 20.9 Å². The number of carbonyl (C=O) groups is 1. The molecule has 0 aromatic carbocycles. The zero-order valence-corrected chi connectivity index (χ0v) is 9.71. The number of rotatable bonds is 3. The van der Waals surface area contributed by atoms with Gasteiger partial charge in [-0.05, 0) is 40.9 Å². The Morgan fingerprint density at radius 3 is 2.79 bits per heavy atom. The third-order valence-electron chi connectivity index (χ3n) is 2.13. The fourth-order valence-corrected chi connectivity index (χ4v) is 1.48. The van der Waals surface area contributed by atoms with E-state index in [9.17, 15) is 4.79 Å². The zero-order valence-electron chi connectivity index (χ0n) is 8.12. The summed E-state index contributed by atoms with van der Waals surface area (Å²) in [6.07, 6.45) is 2.21. The Kier molecular flexibility index (Phi) is 3.63. The van der Waals surface area contributed by atoms with Crippen LogP contribution in [0.5, 0.6) is 0 Å². The molecular weight excluding hydrogens is 246 g/mol. The van der Waals surface area contributed by atoms with Crippen LogP contribution < -0.4 is 0 Å². The zero-order chi connectivity index (χ0) is 10.7. The molecule has 1 unspecified atom stereocenters. The largest absolute Gasteiger partial charge is 0.481 e. The molecule has 0 amide bonds. The molecule has 0 radical (unpaired) electrons. The molecule has 1 heterocycles. The van der Waals surface area contributed by atoms with Crippen LogP contribution in [0.1, 0.15) is 30.5 Å². The van der Waals surface area contributed by atoms with Crippen molar-refractivity contribution in [3.8, 4) is 0 Å². The molecule has 0 saturated heterocycles. The number of nitrogens with zero attached hydrogens (tertiary/aromatic N) is 1. The highest BCUT2D eigenvalue weighted by Crippen LogP contribution is 2.22. The van der Waals surface area contributed by atoms with Gasteiger partial charge in [-0.3, -0.25) is 9.78 Å². The Balaban J connectivity index is 3.06. The van der Waals surface area contributed by atoms with E-state index in [-0.39, 0.29) is 0 Å². The van der Waals surface area contributed by atoms with Gasteiger partial charge in [0.2, 0.25) is 0 Å². The second-order valence-electron chi connectivity index (χ2n) is 3.16. The van der Waals surface area contributed by atoms with Gasteiger partial charge in [0.1, 0.15) is 0 Å². The second-order valence-corrected chi connectivity index (χ2v) is 4.01. The number of hydrogen-bond donors (Lipinski definition) is 1. The minimum absolute atomic E-state index is 0.498. The fourth-order valence-electron chi connectivity index (χ4n) is 1.26. The summed E-state index contributed by atoms with van der Waals surface area (Å²) in [5, 5.41) is 8.94. The van der Waals surface area contributed by atoms with E-state index in [0.717, 1.165) is 10.0 Å². The molecule has 3 nitrogen and oxygen atoms in total. The van der Waals surface area contributed by atoms with Gasteiger partial charge < -0.3 is 5.11 Å². The first-order valence-electron chi connectivity index (χ1n) is 4.41. The molecule has 1 rings (SSSR count). The third-order valence-corrected chi connectivity index (χ3v) is 2.96. The quantitative estimate of drug-likeness (QED) is 0.906. The van der Waals surface area contributed by atoms with E-state index < -0.39 is 11.9 Å². The molecule has 1 aromatic rings. The normalized spacial score (nSPS) is 12.5. The average Bonchev–Trinajstić information content (AvgIpc) is 2.11. The van der Waals surface area contributed by atoms with Crippen LogP contribution in [0, 0.1) is 6.92 Å². The standard InChI is InChI=1S/C10H12BrNO2/c1-3-7(10(13)14)9-4-6(2)8(11)5-12-9/h4-5,7H,3H2,1-2H3,(H,13,14). The number of aromatic nitrogens is 1. The summed E-state index contributed by atoms with van der Waals surface area (Å²) in [6, 6.07) is 1.81. The molecule has 76 valence electrons. The summed E-state index contributed by atoms with van der Waals surface area (Å²) in [7, 11) is 0. The van der Waals surface area contributed by atoms with Crippen molar-refractivity contribution >= 4 is 21.9 Å². The van der Waals surface area contributed by atoms with Crippen molar-refractivity contribution in [1.29, 1.82) is 0 Å². The van der Waals surface area contributed by atoms with E-state index >= 15 is 0 Å². The van der Waals surface area contributed by atoms with Gasteiger partial charge in [0, 0.05) is 10.7 Å². The summed E-state index contributed by atoms with van der Waals surface area (Å²) in [6.45, 7) is 3.77. The van der Waals surface area contributed by atoms with Crippen LogP contribution in [0.15, 0.2) is 16.7 Å². The van der Waals surface area contributed by atoms with Crippen LogP contribution in [0.3, 0.4) is 0 Å². The SMILES string of the molecule is CCC(C(=O)O)c1cc(C)c(Br)cn1. The van der Waals surface area contributed by atoms with Crippen molar-refractivity contribution in [1.82, 2.24) is 4.98 Å². The molecule has 0 spiro atoms. The fraction of sp³-hybridized carbons (Fsp3) is 0.400. The summed E-state index contributed by atoms with van der Waals surface area (Å²) in [4.78, 5) is 15.0. The minimum Gasteiger partial charge on any atom is -0.481 e. The van der Waals surface area contributed by atoms with Gasteiger partial charge in [-0.25, -0.2) is 0 Å². The lowest BCUT2D eigenvalue weighted by Crippen LogP contribution is -2.12. The maximum atomic E-state index is 10.9. The van der Waals surface area contributed by atoms with Crippen LogP contribution in [-0.2, 0) is 4.79 Å². The molecular formula is C10H12BrNO2. The molecule has 0 saturated carbocycles.